The molecule has 2 atom stereocenters. The summed E-state index contributed by atoms with van der Waals surface area (Å²) < 4.78 is 80.0. The summed E-state index contributed by atoms with van der Waals surface area (Å²) in [7, 11) is -3.62. The Morgan fingerprint density at radius 3 is 1.26 bits per heavy atom. The molecule has 0 saturated heterocycles. The fourth-order valence-electron chi connectivity index (χ4n) is 8.83. The molecule has 410 valence electrons. The van der Waals surface area contributed by atoms with Gasteiger partial charge in [0.1, 0.15) is 0 Å². The number of likely N-dealkylation sites (N-methyl/N-ethyl adjacent to an activating group) is 2. The van der Waals surface area contributed by atoms with Gasteiger partial charge in [0.2, 0.25) is 20.0 Å². The number of carbonyl (C=O) groups excluding carboxylic acids is 2. The molecule has 18 nitrogen and oxygen atoms in total. The lowest BCUT2D eigenvalue weighted by Gasteiger charge is -2.33. The molecular weight excluding hydrogens is 1100 g/mol. The molecule has 7 rings (SSSR count). The Kier molecular flexibility index (Phi) is 22.0. The van der Waals surface area contributed by atoms with Crippen LogP contribution in [0.2, 0.25) is 20.1 Å². The summed E-state index contributed by atoms with van der Waals surface area (Å²) in [6.07, 6.45) is 0. The summed E-state index contributed by atoms with van der Waals surface area (Å²) in [5.41, 5.74) is 6.65. The number of hydrogen-bond donors (Lipinski definition) is 6. The van der Waals surface area contributed by atoms with Crippen LogP contribution in [0.25, 0.3) is 0 Å². The Balaban J connectivity index is 0.681. The minimum Gasteiger partial charge on any atom is -0.378 e. The van der Waals surface area contributed by atoms with Crippen LogP contribution in [0.3, 0.4) is 0 Å². The molecule has 2 aliphatic heterocycles. The van der Waals surface area contributed by atoms with Crippen LogP contribution in [-0.4, -0.2) is 145 Å². The van der Waals surface area contributed by atoms with E-state index in [-0.39, 0.29) is 101 Å². The number of ether oxygens (including phenoxy) is 4. The van der Waals surface area contributed by atoms with Crippen LogP contribution < -0.4 is 30.7 Å². The van der Waals surface area contributed by atoms with Crippen LogP contribution in [0, 0.1) is 0 Å². The van der Waals surface area contributed by atoms with Gasteiger partial charge in [-0.15, -0.1) is 0 Å². The third-order valence-corrected chi connectivity index (χ3v) is 16.4. The highest BCUT2D eigenvalue weighted by Gasteiger charge is 2.30. The van der Waals surface area contributed by atoms with Crippen molar-refractivity contribution < 1.29 is 45.4 Å². The van der Waals surface area contributed by atoms with Crippen molar-refractivity contribution in [2.24, 2.45) is 0 Å². The zero-order valence-corrected chi connectivity index (χ0v) is 46.7. The molecule has 0 aliphatic carbocycles. The third-order valence-electron chi connectivity index (χ3n) is 12.4. The number of urea groups is 2. The summed E-state index contributed by atoms with van der Waals surface area (Å²) in [6.45, 7) is 4.97. The van der Waals surface area contributed by atoms with E-state index in [1.54, 1.807) is 72.8 Å². The fraction of sp³-hybridized carbons (Fsp3) is 0.385. The number of benzene rings is 5. The van der Waals surface area contributed by atoms with E-state index in [1.165, 1.54) is 0 Å². The molecule has 5 aromatic rings. The Morgan fingerprint density at radius 1 is 0.513 bits per heavy atom. The van der Waals surface area contributed by atoms with Gasteiger partial charge in [0.25, 0.3) is 0 Å². The van der Waals surface area contributed by atoms with Crippen molar-refractivity contribution in [3.05, 3.63) is 151 Å². The van der Waals surface area contributed by atoms with Crippen molar-refractivity contribution in [2.45, 2.75) is 34.7 Å². The van der Waals surface area contributed by atoms with E-state index < -0.39 is 32.1 Å². The van der Waals surface area contributed by atoms with Gasteiger partial charge in [-0.2, -0.15) is 0 Å². The number of amides is 4. The van der Waals surface area contributed by atoms with Crippen molar-refractivity contribution in [1.29, 1.82) is 0 Å². The Hall–Kier alpha value is -4.62. The van der Waals surface area contributed by atoms with E-state index in [4.69, 9.17) is 65.4 Å². The van der Waals surface area contributed by atoms with E-state index in [9.17, 15) is 26.4 Å². The molecule has 6 N–H and O–H groups in total. The molecule has 24 heteroatoms. The first-order valence-electron chi connectivity index (χ1n) is 24.5. The summed E-state index contributed by atoms with van der Waals surface area (Å²) >= 11 is 25.7. The smallest absolute Gasteiger partial charge is 0.319 e. The van der Waals surface area contributed by atoms with Crippen LogP contribution in [0.1, 0.15) is 45.2 Å². The average molecular weight is 1170 g/mol. The van der Waals surface area contributed by atoms with Gasteiger partial charge in [0.15, 0.2) is 0 Å². The second-order valence-corrected chi connectivity index (χ2v) is 23.4. The van der Waals surface area contributed by atoms with E-state index >= 15 is 0 Å². The second kappa shape index (κ2) is 28.3. The molecule has 76 heavy (non-hydrogen) atoms. The first-order chi connectivity index (χ1) is 36.5. The van der Waals surface area contributed by atoms with Gasteiger partial charge < -0.3 is 50.0 Å². The molecule has 0 radical (unpaired) electrons. The number of rotatable bonds is 26. The maximum Gasteiger partial charge on any atom is 0.319 e. The highest BCUT2D eigenvalue weighted by Crippen LogP contribution is 2.40. The quantitative estimate of drug-likeness (QED) is 0.0294. The minimum atomic E-state index is -3.81. The largest absolute Gasteiger partial charge is 0.378 e. The Morgan fingerprint density at radius 2 is 0.882 bits per heavy atom. The lowest BCUT2D eigenvalue weighted by molar-refractivity contribution is 0.0517. The molecule has 0 fully saturated rings. The molecule has 0 spiro atoms. The summed E-state index contributed by atoms with van der Waals surface area (Å²) in [5, 5.41) is 13.1. The Bertz CT molecular complexity index is 2820. The molecule has 0 saturated carbocycles. The van der Waals surface area contributed by atoms with Crippen molar-refractivity contribution in [3.8, 4) is 0 Å². The van der Waals surface area contributed by atoms with Crippen molar-refractivity contribution in [3.63, 3.8) is 0 Å². The lowest BCUT2D eigenvalue weighted by Crippen LogP contribution is -2.32. The summed E-state index contributed by atoms with van der Waals surface area (Å²) in [5.74, 6) is -0.204. The molecule has 2 heterocycles. The molecule has 0 bridgehead atoms. The van der Waals surface area contributed by atoms with E-state index in [2.05, 4.69) is 40.5 Å². The lowest BCUT2D eigenvalue weighted by atomic mass is 9.85. The van der Waals surface area contributed by atoms with Crippen LogP contribution in [0.15, 0.2) is 107 Å². The number of sulfonamides is 2. The highest BCUT2D eigenvalue weighted by molar-refractivity contribution is 7.89. The predicted octanol–water partition coefficient (Wildman–Crippen LogP) is 7.72. The SMILES string of the molecule is CN1Cc2c(Cl)cc(Cl)cc2C(c2cccc(S(=O)(=O)NCCOCCOCCNC(=O)Nc3ccc(NC(=O)NCCOCCOCCNS(=O)(=O)c4cccc(C5CN(C)Cc6c(Cl)cc(Cl)cc65)c4)cc3)c2)C1. The first kappa shape index (κ1) is 59.0. The van der Waals surface area contributed by atoms with Crippen LogP contribution >= 0.6 is 46.4 Å². The zero-order chi connectivity index (χ0) is 54.2. The predicted molar refractivity (Wildman–Crippen MR) is 296 cm³/mol. The number of halogens is 4. The van der Waals surface area contributed by atoms with Gasteiger partial charge >= 0.3 is 12.1 Å². The van der Waals surface area contributed by atoms with Crippen LogP contribution in [0.5, 0.6) is 0 Å². The number of fused-ring (bicyclic) bond motifs is 2. The molecular formula is C52H62Cl4N8O10S2. The summed E-state index contributed by atoms with van der Waals surface area (Å²) in [6, 6.07) is 26.7. The normalized spacial score (nSPS) is 15.9. The van der Waals surface area contributed by atoms with Crippen molar-refractivity contribution in [1.82, 2.24) is 29.9 Å². The topological polar surface area (TPSA) is 218 Å². The average Bonchev–Trinajstić information content (AvgIpc) is 3.38. The second-order valence-electron chi connectivity index (χ2n) is 18.1. The molecule has 2 unspecified atom stereocenters. The number of anilines is 2. The van der Waals surface area contributed by atoms with Gasteiger partial charge in [0.05, 0.1) is 62.6 Å². The fourth-order valence-corrected chi connectivity index (χ4v) is 12.1. The standard InChI is InChI=1S/C52H62Cl4N8O10S2/c1-63-31-45(43-27-37(53)29-49(55)47(43)33-63)35-5-3-7-41(25-35)75(67,68)59-15-19-73-23-21-71-17-13-57-51(65)61-39-9-11-40(12-10-39)62-52(66)58-14-18-72-22-24-74-20-16-60-76(69,70)42-8-4-6-36(26-42)46-32-64(2)34-48-44(46)28-38(54)30-50(48)56/h3-12,25-30,45-46,59-60H,13-24,31-34H2,1-2H3,(H2,57,61,65)(H2,58,62,66). The number of nitrogens with one attached hydrogen (secondary N) is 6. The van der Waals surface area contributed by atoms with E-state index in [1.807, 2.05) is 38.4 Å². The van der Waals surface area contributed by atoms with Crippen molar-refractivity contribution >= 4 is 89.9 Å². The van der Waals surface area contributed by atoms with Gasteiger partial charge in [-0.3, -0.25) is 0 Å². The number of nitrogens with zero attached hydrogens (tertiary/aromatic N) is 2. The van der Waals surface area contributed by atoms with Crippen molar-refractivity contribution in [2.75, 3.05) is 117 Å². The molecule has 2 aliphatic rings. The number of hydrogen-bond acceptors (Lipinski definition) is 12. The Labute approximate surface area is 464 Å². The van der Waals surface area contributed by atoms with Crippen LogP contribution in [0.4, 0.5) is 21.0 Å². The zero-order valence-electron chi connectivity index (χ0n) is 42.0. The summed E-state index contributed by atoms with van der Waals surface area (Å²) in [4.78, 5) is 29.4. The van der Waals surface area contributed by atoms with Gasteiger partial charge in [-0.1, -0.05) is 70.7 Å². The van der Waals surface area contributed by atoms with Crippen LogP contribution in [-0.2, 0) is 52.1 Å². The highest BCUT2D eigenvalue weighted by atomic mass is 35.5. The monoisotopic (exact) mass is 1160 g/mol. The molecule has 5 aromatic carbocycles. The van der Waals surface area contributed by atoms with Gasteiger partial charge in [-0.05, 0) is 120 Å². The maximum atomic E-state index is 13.2. The number of carbonyl (C=O) groups is 2. The van der Waals surface area contributed by atoms with Gasteiger partial charge in [0, 0.05) is 95.7 Å². The minimum absolute atomic E-state index is 0.0657. The first-order valence-corrected chi connectivity index (χ1v) is 29.0. The maximum absolute atomic E-state index is 13.2. The third kappa shape index (κ3) is 17.2. The van der Waals surface area contributed by atoms with E-state index in [0.717, 1.165) is 33.4 Å². The molecule has 0 aromatic heterocycles. The van der Waals surface area contributed by atoms with Gasteiger partial charge in [-0.25, -0.2) is 35.9 Å². The van der Waals surface area contributed by atoms with E-state index in [0.29, 0.717) is 57.6 Å². The molecule has 4 amide bonds.